The SMILES string of the molecule is CCCCCCCC/C=C/C/C=C/CCCCC(=O)OC[C@H](CO[C@@H]1O[C@H](CO[C@@H]2O[C@H](CO)[C@H](O)C(O)C2O)[C@H](O)C(O)C1O)OC(=O)CCCCCCCCCCCCCCCC. The summed E-state index contributed by atoms with van der Waals surface area (Å²) >= 11 is 0. The first-order valence-corrected chi connectivity index (χ1v) is 25.4. The Hall–Kier alpha value is -2.02. The van der Waals surface area contributed by atoms with Gasteiger partial charge in [-0.15, -0.1) is 0 Å². The summed E-state index contributed by atoms with van der Waals surface area (Å²) in [5, 5.41) is 72.0. The molecule has 2 rings (SSSR count). The summed E-state index contributed by atoms with van der Waals surface area (Å²) in [7, 11) is 0. The molecule has 2 heterocycles. The van der Waals surface area contributed by atoms with Gasteiger partial charge in [-0.1, -0.05) is 154 Å². The molecular weight excluding hydrogens is 841 g/mol. The molecule has 0 aromatic heterocycles. The van der Waals surface area contributed by atoms with E-state index in [2.05, 4.69) is 38.2 Å². The van der Waals surface area contributed by atoms with Gasteiger partial charge in [0.05, 0.1) is 19.8 Å². The molecule has 0 amide bonds. The molecule has 380 valence electrons. The highest BCUT2D eigenvalue weighted by molar-refractivity contribution is 5.70. The molecule has 11 atom stereocenters. The molecule has 2 fully saturated rings. The fraction of sp³-hybridized carbons (Fsp3) is 0.880. The molecule has 2 aliphatic heterocycles. The highest BCUT2D eigenvalue weighted by atomic mass is 16.7. The van der Waals surface area contributed by atoms with E-state index in [1.165, 1.54) is 103 Å². The van der Waals surface area contributed by atoms with Crippen molar-refractivity contribution < 1.29 is 73.8 Å². The number of ether oxygens (including phenoxy) is 6. The number of unbranched alkanes of at least 4 members (excludes halogenated alkanes) is 21. The summed E-state index contributed by atoms with van der Waals surface area (Å²) in [5.74, 6) is -0.957. The van der Waals surface area contributed by atoms with E-state index >= 15 is 0 Å². The number of aliphatic hydroxyl groups excluding tert-OH is 7. The molecule has 0 saturated carbocycles. The lowest BCUT2D eigenvalue weighted by atomic mass is 9.98. The van der Waals surface area contributed by atoms with Gasteiger partial charge in [0.25, 0.3) is 0 Å². The Morgan fingerprint density at radius 3 is 1.46 bits per heavy atom. The average Bonchev–Trinajstić information content (AvgIpc) is 3.30. The second-order valence-corrected chi connectivity index (χ2v) is 18.0. The number of esters is 2. The lowest BCUT2D eigenvalue weighted by Gasteiger charge is -2.42. The van der Waals surface area contributed by atoms with Crippen LogP contribution in [0.25, 0.3) is 0 Å². The Kier molecular flexibility index (Phi) is 34.5. The van der Waals surface area contributed by atoms with Crippen LogP contribution in [0.4, 0.5) is 0 Å². The maximum absolute atomic E-state index is 13.0. The normalized spacial score (nSPS) is 26.5. The summed E-state index contributed by atoms with van der Waals surface area (Å²) in [6.07, 6.45) is 20.7. The first kappa shape index (κ1) is 59.1. The van der Waals surface area contributed by atoms with Crippen molar-refractivity contribution in [3.63, 3.8) is 0 Å². The van der Waals surface area contributed by atoms with Crippen LogP contribution in [0.5, 0.6) is 0 Å². The lowest BCUT2D eigenvalue weighted by Crippen LogP contribution is -2.61. The minimum absolute atomic E-state index is 0.162. The third kappa shape index (κ3) is 26.4. The molecule has 4 unspecified atom stereocenters. The van der Waals surface area contributed by atoms with Crippen LogP contribution in [0.1, 0.15) is 187 Å². The first-order valence-electron chi connectivity index (χ1n) is 25.4. The van der Waals surface area contributed by atoms with E-state index in [0.717, 1.165) is 44.9 Å². The standard InChI is InChI=1S/C50H90O15/c1-3-5-7-9-11-13-15-17-19-21-22-24-26-28-30-32-41(52)60-35-38(63-42(53)33-31-29-27-25-23-20-18-16-14-12-10-8-6-4-2)36-61-49-48(59)46(57)44(55)40(65-49)37-62-50-47(58)45(56)43(54)39(34-51)64-50/h17,19,22,24,38-40,43-51,54-59H,3-16,18,20-21,23,25-37H2,1-2H3/b19-17+,24-22+/t38-,39-,40-,43+,44+,45?,46?,47?,48?,49-,50-/m1/s1. The van der Waals surface area contributed by atoms with Crippen molar-refractivity contribution in [1.29, 1.82) is 0 Å². The van der Waals surface area contributed by atoms with E-state index in [1.54, 1.807) is 0 Å². The van der Waals surface area contributed by atoms with Gasteiger partial charge in [-0.05, 0) is 44.9 Å². The number of carbonyl (C=O) groups is 2. The maximum atomic E-state index is 13.0. The van der Waals surface area contributed by atoms with Crippen LogP contribution >= 0.6 is 0 Å². The van der Waals surface area contributed by atoms with Gasteiger partial charge in [-0.3, -0.25) is 9.59 Å². The Bertz CT molecular complexity index is 1230. The van der Waals surface area contributed by atoms with Crippen LogP contribution in [-0.4, -0.2) is 142 Å². The zero-order valence-electron chi connectivity index (χ0n) is 40.0. The molecule has 65 heavy (non-hydrogen) atoms. The number of carbonyl (C=O) groups excluding carboxylic acids is 2. The van der Waals surface area contributed by atoms with Gasteiger partial charge in [0.1, 0.15) is 55.4 Å². The van der Waals surface area contributed by atoms with Crippen molar-refractivity contribution in [2.45, 2.75) is 255 Å². The van der Waals surface area contributed by atoms with Crippen LogP contribution in [0.3, 0.4) is 0 Å². The molecular formula is C50H90O15. The van der Waals surface area contributed by atoms with Crippen molar-refractivity contribution >= 4 is 11.9 Å². The second kappa shape index (κ2) is 37.9. The van der Waals surface area contributed by atoms with Crippen LogP contribution < -0.4 is 0 Å². The van der Waals surface area contributed by atoms with Gasteiger partial charge in [0.15, 0.2) is 18.7 Å². The summed E-state index contributed by atoms with van der Waals surface area (Å²) in [5.41, 5.74) is 0. The molecule has 15 heteroatoms. The number of aliphatic hydroxyl groups is 7. The number of hydrogen-bond acceptors (Lipinski definition) is 15. The zero-order chi connectivity index (χ0) is 47.5. The monoisotopic (exact) mass is 931 g/mol. The van der Waals surface area contributed by atoms with Crippen molar-refractivity contribution in [1.82, 2.24) is 0 Å². The van der Waals surface area contributed by atoms with E-state index < -0.39 is 92.7 Å². The third-order valence-electron chi connectivity index (χ3n) is 12.2. The molecule has 0 aromatic carbocycles. The van der Waals surface area contributed by atoms with Crippen LogP contribution in [0.2, 0.25) is 0 Å². The number of allylic oxidation sites excluding steroid dienone is 4. The quantitative estimate of drug-likeness (QED) is 0.0192. The molecule has 0 radical (unpaired) electrons. The molecule has 0 aliphatic carbocycles. The van der Waals surface area contributed by atoms with Crippen LogP contribution in [-0.2, 0) is 38.0 Å². The van der Waals surface area contributed by atoms with Crippen molar-refractivity contribution in [3.05, 3.63) is 24.3 Å². The highest BCUT2D eigenvalue weighted by Gasteiger charge is 2.47. The Morgan fingerprint density at radius 1 is 0.492 bits per heavy atom. The topological polar surface area (TPSA) is 231 Å². The molecule has 0 bridgehead atoms. The average molecular weight is 931 g/mol. The van der Waals surface area contributed by atoms with E-state index in [9.17, 15) is 45.3 Å². The van der Waals surface area contributed by atoms with E-state index in [4.69, 9.17) is 28.4 Å². The minimum Gasteiger partial charge on any atom is -0.462 e. The second-order valence-electron chi connectivity index (χ2n) is 18.0. The molecule has 0 spiro atoms. The predicted octanol–water partition coefficient (Wildman–Crippen LogP) is 6.77. The minimum atomic E-state index is -1.77. The number of rotatable bonds is 39. The fourth-order valence-corrected chi connectivity index (χ4v) is 7.95. The van der Waals surface area contributed by atoms with E-state index in [0.29, 0.717) is 12.8 Å². The highest BCUT2D eigenvalue weighted by Crippen LogP contribution is 2.26. The molecule has 2 aliphatic rings. The third-order valence-corrected chi connectivity index (χ3v) is 12.2. The lowest BCUT2D eigenvalue weighted by molar-refractivity contribution is -0.332. The van der Waals surface area contributed by atoms with Gasteiger partial charge < -0.3 is 64.2 Å². The fourth-order valence-electron chi connectivity index (χ4n) is 7.95. The smallest absolute Gasteiger partial charge is 0.306 e. The van der Waals surface area contributed by atoms with E-state index in [1.807, 2.05) is 0 Å². The summed E-state index contributed by atoms with van der Waals surface area (Å²) in [4.78, 5) is 25.7. The molecule has 7 N–H and O–H groups in total. The Morgan fingerprint density at radius 2 is 0.923 bits per heavy atom. The Labute approximate surface area is 390 Å². The van der Waals surface area contributed by atoms with Gasteiger partial charge in [0, 0.05) is 12.8 Å². The van der Waals surface area contributed by atoms with Crippen LogP contribution in [0, 0.1) is 0 Å². The largest absolute Gasteiger partial charge is 0.462 e. The van der Waals surface area contributed by atoms with Gasteiger partial charge >= 0.3 is 11.9 Å². The summed E-state index contributed by atoms with van der Waals surface area (Å²) in [6.45, 7) is 2.55. The van der Waals surface area contributed by atoms with Crippen molar-refractivity contribution in [3.8, 4) is 0 Å². The first-order chi connectivity index (χ1) is 31.5. The van der Waals surface area contributed by atoms with E-state index in [-0.39, 0.29) is 26.1 Å². The molecule has 15 nitrogen and oxygen atoms in total. The number of hydrogen-bond donors (Lipinski definition) is 7. The van der Waals surface area contributed by atoms with Gasteiger partial charge in [-0.2, -0.15) is 0 Å². The van der Waals surface area contributed by atoms with Crippen LogP contribution in [0.15, 0.2) is 24.3 Å². The predicted molar refractivity (Wildman–Crippen MR) is 247 cm³/mol. The summed E-state index contributed by atoms with van der Waals surface area (Å²) < 4.78 is 33.5. The van der Waals surface area contributed by atoms with Gasteiger partial charge in [0.2, 0.25) is 0 Å². The molecule has 0 aromatic rings. The van der Waals surface area contributed by atoms with Gasteiger partial charge in [-0.25, -0.2) is 0 Å². The maximum Gasteiger partial charge on any atom is 0.306 e. The van der Waals surface area contributed by atoms with Crippen molar-refractivity contribution in [2.75, 3.05) is 26.4 Å². The van der Waals surface area contributed by atoms with Crippen molar-refractivity contribution in [2.24, 2.45) is 0 Å². The summed E-state index contributed by atoms with van der Waals surface area (Å²) in [6, 6.07) is 0. The zero-order valence-corrected chi connectivity index (χ0v) is 40.0. The Balaban J connectivity index is 1.83. The molecule has 2 saturated heterocycles.